The van der Waals surface area contributed by atoms with E-state index in [-0.39, 0.29) is 0 Å². The zero-order valence-corrected chi connectivity index (χ0v) is 11.1. The number of nitrogens with zero attached hydrogens (tertiary/aromatic N) is 1. The Kier molecular flexibility index (Phi) is 3.72. The molecule has 0 saturated heterocycles. The standard InChI is InChI=1S/C12H12Cl2N2O/c1-15-10-5-7(6-17-2)16-12-8(10)3-4-9(13)11(12)14/h3-5H,6H2,1-2H3,(H,15,16). The average Bonchev–Trinajstić information content (AvgIpc) is 2.34. The van der Waals surface area contributed by atoms with Gasteiger partial charge in [0.2, 0.25) is 0 Å². The van der Waals surface area contributed by atoms with Gasteiger partial charge in [-0.3, -0.25) is 0 Å². The predicted molar refractivity (Wildman–Crippen MR) is 72.0 cm³/mol. The molecule has 3 nitrogen and oxygen atoms in total. The first-order chi connectivity index (χ1) is 8.17. The van der Waals surface area contributed by atoms with Gasteiger partial charge in [0.05, 0.1) is 27.9 Å². The zero-order valence-electron chi connectivity index (χ0n) is 9.55. The van der Waals surface area contributed by atoms with Crippen LogP contribution >= 0.6 is 23.2 Å². The second-order valence-corrected chi connectivity index (χ2v) is 4.39. The van der Waals surface area contributed by atoms with Crippen molar-refractivity contribution in [3.63, 3.8) is 0 Å². The molecule has 0 radical (unpaired) electrons. The Morgan fingerprint density at radius 2 is 2.12 bits per heavy atom. The number of hydrogen-bond acceptors (Lipinski definition) is 3. The third-order valence-electron chi connectivity index (χ3n) is 2.49. The molecule has 1 aromatic heterocycles. The van der Waals surface area contributed by atoms with Crippen LogP contribution in [0.3, 0.4) is 0 Å². The van der Waals surface area contributed by atoms with Crippen LogP contribution in [0.15, 0.2) is 18.2 Å². The van der Waals surface area contributed by atoms with E-state index < -0.39 is 0 Å². The van der Waals surface area contributed by atoms with Gasteiger partial charge in [-0.2, -0.15) is 0 Å². The number of halogens is 2. The summed E-state index contributed by atoms with van der Waals surface area (Å²) in [4.78, 5) is 4.45. The van der Waals surface area contributed by atoms with E-state index in [9.17, 15) is 0 Å². The molecule has 1 heterocycles. The minimum Gasteiger partial charge on any atom is -0.388 e. The highest BCUT2D eigenvalue weighted by atomic mass is 35.5. The summed E-state index contributed by atoms with van der Waals surface area (Å²) in [5.74, 6) is 0. The third kappa shape index (κ3) is 2.32. The van der Waals surface area contributed by atoms with E-state index in [0.29, 0.717) is 22.2 Å². The van der Waals surface area contributed by atoms with Crippen molar-refractivity contribution in [2.45, 2.75) is 6.61 Å². The van der Waals surface area contributed by atoms with Gasteiger partial charge >= 0.3 is 0 Å². The monoisotopic (exact) mass is 270 g/mol. The molecule has 90 valence electrons. The third-order valence-corrected chi connectivity index (χ3v) is 3.28. The number of nitrogens with one attached hydrogen (secondary N) is 1. The molecule has 0 aliphatic rings. The van der Waals surface area contributed by atoms with Gasteiger partial charge in [-0.15, -0.1) is 0 Å². The number of pyridine rings is 1. The molecule has 0 fully saturated rings. The van der Waals surface area contributed by atoms with E-state index in [1.54, 1.807) is 13.2 Å². The molecular formula is C12H12Cl2N2O. The fourth-order valence-corrected chi connectivity index (χ4v) is 2.08. The largest absolute Gasteiger partial charge is 0.388 e. The summed E-state index contributed by atoms with van der Waals surface area (Å²) in [5, 5.41) is 5.04. The fraction of sp³-hybridized carbons (Fsp3) is 0.250. The van der Waals surface area contributed by atoms with Gasteiger partial charge in [-0.25, -0.2) is 4.98 Å². The van der Waals surface area contributed by atoms with E-state index in [1.165, 1.54) is 0 Å². The molecule has 0 atom stereocenters. The molecule has 2 aromatic rings. The SMILES string of the molecule is CNc1cc(COC)nc2c(Cl)c(Cl)ccc12. The molecular weight excluding hydrogens is 259 g/mol. The summed E-state index contributed by atoms with van der Waals surface area (Å²) in [7, 11) is 3.48. The predicted octanol–water partition coefficient (Wildman–Crippen LogP) is 3.73. The number of aromatic nitrogens is 1. The van der Waals surface area contributed by atoms with Crippen LogP contribution < -0.4 is 5.32 Å². The van der Waals surface area contributed by atoms with Crippen LogP contribution in [0.4, 0.5) is 5.69 Å². The van der Waals surface area contributed by atoms with E-state index in [0.717, 1.165) is 16.8 Å². The lowest BCUT2D eigenvalue weighted by molar-refractivity contribution is 0.182. The Hall–Kier alpha value is -1.03. The maximum absolute atomic E-state index is 6.16. The van der Waals surface area contributed by atoms with E-state index in [4.69, 9.17) is 27.9 Å². The van der Waals surface area contributed by atoms with Crippen LogP contribution in [0.2, 0.25) is 10.0 Å². The van der Waals surface area contributed by atoms with Crippen LogP contribution in [0.1, 0.15) is 5.69 Å². The average molecular weight is 271 g/mol. The molecule has 0 amide bonds. The Morgan fingerprint density at radius 1 is 1.35 bits per heavy atom. The highest BCUT2D eigenvalue weighted by Gasteiger charge is 2.10. The van der Waals surface area contributed by atoms with Crippen molar-refractivity contribution in [2.75, 3.05) is 19.5 Å². The summed E-state index contributed by atoms with van der Waals surface area (Å²) in [6.07, 6.45) is 0. The molecule has 0 bridgehead atoms. The lowest BCUT2D eigenvalue weighted by Crippen LogP contribution is -1.98. The maximum Gasteiger partial charge on any atom is 0.0928 e. The topological polar surface area (TPSA) is 34.1 Å². The van der Waals surface area contributed by atoms with Crippen LogP contribution in [0, 0.1) is 0 Å². The van der Waals surface area contributed by atoms with Crippen molar-refractivity contribution < 1.29 is 4.74 Å². The van der Waals surface area contributed by atoms with Crippen molar-refractivity contribution in [3.05, 3.63) is 33.9 Å². The Morgan fingerprint density at radius 3 is 2.76 bits per heavy atom. The smallest absolute Gasteiger partial charge is 0.0928 e. The number of benzene rings is 1. The number of fused-ring (bicyclic) bond motifs is 1. The first kappa shape index (κ1) is 12.4. The summed E-state index contributed by atoms with van der Waals surface area (Å²) in [6.45, 7) is 0.438. The minimum absolute atomic E-state index is 0.438. The van der Waals surface area contributed by atoms with E-state index in [1.807, 2.05) is 19.2 Å². The van der Waals surface area contributed by atoms with E-state index in [2.05, 4.69) is 10.3 Å². The molecule has 17 heavy (non-hydrogen) atoms. The van der Waals surface area contributed by atoms with Crippen LogP contribution in [-0.4, -0.2) is 19.1 Å². The molecule has 1 aromatic carbocycles. The lowest BCUT2D eigenvalue weighted by Gasteiger charge is -2.10. The summed E-state index contributed by atoms with van der Waals surface area (Å²) < 4.78 is 5.08. The van der Waals surface area contributed by atoms with Gasteiger partial charge in [-0.05, 0) is 18.2 Å². The highest BCUT2D eigenvalue weighted by Crippen LogP contribution is 2.33. The highest BCUT2D eigenvalue weighted by molar-refractivity contribution is 6.45. The van der Waals surface area contributed by atoms with Crippen molar-refractivity contribution in [1.29, 1.82) is 0 Å². The summed E-state index contributed by atoms with van der Waals surface area (Å²) >= 11 is 12.2. The number of methoxy groups -OCH3 is 1. The van der Waals surface area contributed by atoms with Crippen LogP contribution in [0.25, 0.3) is 10.9 Å². The first-order valence-electron chi connectivity index (χ1n) is 5.11. The minimum atomic E-state index is 0.438. The van der Waals surface area contributed by atoms with Gasteiger partial charge in [0.15, 0.2) is 0 Å². The maximum atomic E-state index is 6.16. The van der Waals surface area contributed by atoms with E-state index >= 15 is 0 Å². The van der Waals surface area contributed by atoms with Crippen molar-refractivity contribution in [2.24, 2.45) is 0 Å². The molecule has 5 heteroatoms. The van der Waals surface area contributed by atoms with Gasteiger partial charge < -0.3 is 10.1 Å². The molecule has 0 saturated carbocycles. The number of ether oxygens (including phenoxy) is 1. The molecule has 0 spiro atoms. The van der Waals surface area contributed by atoms with Gasteiger partial charge in [0.1, 0.15) is 0 Å². The quantitative estimate of drug-likeness (QED) is 0.923. The fourth-order valence-electron chi connectivity index (χ4n) is 1.72. The lowest BCUT2D eigenvalue weighted by atomic mass is 10.1. The molecule has 2 rings (SSSR count). The van der Waals surface area contributed by atoms with Crippen LogP contribution in [0.5, 0.6) is 0 Å². The second-order valence-electron chi connectivity index (χ2n) is 3.60. The second kappa shape index (κ2) is 5.08. The zero-order chi connectivity index (χ0) is 12.4. The van der Waals surface area contributed by atoms with Crippen molar-refractivity contribution in [1.82, 2.24) is 4.98 Å². The number of anilines is 1. The van der Waals surface area contributed by atoms with Gasteiger partial charge in [0.25, 0.3) is 0 Å². The molecule has 0 aliphatic heterocycles. The van der Waals surface area contributed by atoms with Crippen molar-refractivity contribution in [3.8, 4) is 0 Å². The first-order valence-corrected chi connectivity index (χ1v) is 5.87. The molecule has 0 unspecified atom stereocenters. The van der Waals surface area contributed by atoms with Crippen LogP contribution in [-0.2, 0) is 11.3 Å². The van der Waals surface area contributed by atoms with Crippen molar-refractivity contribution >= 4 is 39.8 Å². The van der Waals surface area contributed by atoms with Gasteiger partial charge in [0, 0.05) is 25.2 Å². The Balaban J connectivity index is 2.73. The molecule has 0 aliphatic carbocycles. The van der Waals surface area contributed by atoms with Gasteiger partial charge in [-0.1, -0.05) is 23.2 Å². The normalized spacial score (nSPS) is 10.8. The Bertz CT molecular complexity index is 558. The Labute approximate surface area is 110 Å². The molecule has 1 N–H and O–H groups in total. The number of hydrogen-bond donors (Lipinski definition) is 1. The number of rotatable bonds is 3. The summed E-state index contributed by atoms with van der Waals surface area (Å²) in [6, 6.07) is 5.61. The summed E-state index contributed by atoms with van der Waals surface area (Å²) in [5.41, 5.74) is 2.47.